The maximum atomic E-state index is 11.4. The molecule has 16 heavy (non-hydrogen) atoms. The lowest BCUT2D eigenvalue weighted by Gasteiger charge is -2.11. The van der Waals surface area contributed by atoms with Gasteiger partial charge in [0.1, 0.15) is 0 Å². The van der Waals surface area contributed by atoms with E-state index >= 15 is 0 Å². The highest BCUT2D eigenvalue weighted by Gasteiger charge is 2.24. The lowest BCUT2D eigenvalue weighted by Crippen LogP contribution is -2.25. The molecule has 2 rings (SSSR count). The van der Waals surface area contributed by atoms with E-state index in [1.54, 1.807) is 0 Å². The van der Waals surface area contributed by atoms with Crippen molar-refractivity contribution in [1.82, 2.24) is 9.55 Å². The molecule has 1 fully saturated rings. The van der Waals surface area contributed by atoms with Gasteiger partial charge in [-0.2, -0.15) is 4.98 Å². The summed E-state index contributed by atoms with van der Waals surface area (Å²) in [6.45, 7) is 0. The molecule has 1 heterocycles. The summed E-state index contributed by atoms with van der Waals surface area (Å²) in [5.41, 5.74) is 0.244. The van der Waals surface area contributed by atoms with Crippen LogP contribution in [-0.4, -0.2) is 20.6 Å². The van der Waals surface area contributed by atoms with E-state index in [1.165, 1.54) is 17.8 Å². The quantitative estimate of drug-likeness (QED) is 0.814. The topological polar surface area (TPSA) is 72.2 Å². The van der Waals surface area contributed by atoms with Crippen LogP contribution in [0.25, 0.3) is 0 Å². The summed E-state index contributed by atoms with van der Waals surface area (Å²) in [5, 5.41) is 9.09. The van der Waals surface area contributed by atoms with Gasteiger partial charge >= 0.3 is 11.7 Å². The van der Waals surface area contributed by atoms with E-state index in [0.29, 0.717) is 5.69 Å². The number of carbonyl (C=O) groups is 1. The molecule has 1 aromatic rings. The van der Waals surface area contributed by atoms with E-state index in [0.717, 1.165) is 25.7 Å². The minimum absolute atomic E-state index is 0.139. The van der Waals surface area contributed by atoms with Gasteiger partial charge < -0.3 is 9.67 Å². The fourth-order valence-electron chi connectivity index (χ4n) is 2.23. The van der Waals surface area contributed by atoms with E-state index in [4.69, 9.17) is 5.11 Å². The van der Waals surface area contributed by atoms with Gasteiger partial charge in [0.2, 0.25) is 0 Å². The Morgan fingerprint density at radius 3 is 2.69 bits per heavy atom. The zero-order chi connectivity index (χ0) is 11.7. The van der Waals surface area contributed by atoms with E-state index in [9.17, 15) is 9.59 Å². The maximum absolute atomic E-state index is 11.4. The van der Waals surface area contributed by atoms with Crippen LogP contribution < -0.4 is 5.69 Å². The van der Waals surface area contributed by atoms with Crippen LogP contribution in [0.1, 0.15) is 47.7 Å². The first-order valence-electron chi connectivity index (χ1n) is 5.40. The number of aromatic carboxylic acids is 1. The molecule has 5 heteroatoms. The number of carboxylic acid groups (broad SMARTS) is 1. The van der Waals surface area contributed by atoms with Crippen LogP contribution in [0, 0.1) is 0 Å². The molecule has 1 N–H and O–H groups in total. The summed E-state index contributed by atoms with van der Waals surface area (Å²) < 4.78 is 1.21. The van der Waals surface area contributed by atoms with Crippen molar-refractivity contribution < 1.29 is 9.90 Å². The van der Waals surface area contributed by atoms with Gasteiger partial charge in [-0.05, 0) is 12.8 Å². The Morgan fingerprint density at radius 2 is 2.12 bits per heavy atom. The van der Waals surface area contributed by atoms with Crippen LogP contribution in [0.3, 0.4) is 0 Å². The van der Waals surface area contributed by atoms with Crippen molar-refractivity contribution in [2.45, 2.75) is 31.6 Å². The lowest BCUT2D eigenvalue weighted by molar-refractivity contribution is 0.0693. The summed E-state index contributed by atoms with van der Waals surface area (Å²) >= 11 is 0. The van der Waals surface area contributed by atoms with Crippen LogP contribution in [0.2, 0.25) is 0 Å². The Bertz CT molecular complexity index is 473. The second-order valence-corrected chi connectivity index (χ2v) is 4.22. The summed E-state index contributed by atoms with van der Waals surface area (Å²) in [6, 6.07) is 0. The Hall–Kier alpha value is -1.65. The van der Waals surface area contributed by atoms with Gasteiger partial charge in [0.25, 0.3) is 0 Å². The third-order valence-electron chi connectivity index (χ3n) is 3.09. The van der Waals surface area contributed by atoms with Crippen LogP contribution >= 0.6 is 0 Å². The fraction of sp³-hybridized carbons (Fsp3) is 0.545. The summed E-state index contributed by atoms with van der Waals surface area (Å²) in [6.07, 6.45) is 5.40. The second-order valence-electron chi connectivity index (χ2n) is 4.22. The normalized spacial score (nSPS) is 16.6. The number of aromatic nitrogens is 2. The zero-order valence-electron chi connectivity index (χ0n) is 9.14. The summed E-state index contributed by atoms with van der Waals surface area (Å²) in [4.78, 5) is 26.4. The molecule has 0 spiro atoms. The third kappa shape index (κ3) is 1.85. The minimum atomic E-state index is -1.01. The van der Waals surface area contributed by atoms with Crippen molar-refractivity contribution in [3.63, 3.8) is 0 Å². The molecule has 0 unspecified atom stereocenters. The van der Waals surface area contributed by atoms with Gasteiger partial charge in [0, 0.05) is 19.2 Å². The van der Waals surface area contributed by atoms with Crippen LogP contribution in [0.5, 0.6) is 0 Å². The number of carboxylic acids is 1. The molecule has 5 nitrogen and oxygen atoms in total. The van der Waals surface area contributed by atoms with Crippen LogP contribution in [0.15, 0.2) is 11.0 Å². The number of rotatable bonds is 2. The number of nitrogens with zero attached hydrogens (tertiary/aromatic N) is 2. The average molecular weight is 222 g/mol. The molecule has 1 aliphatic carbocycles. The predicted octanol–water partition coefficient (Wildman–Crippen LogP) is 1.14. The van der Waals surface area contributed by atoms with Gasteiger partial charge in [-0.3, -0.25) is 0 Å². The first-order valence-corrected chi connectivity index (χ1v) is 5.40. The molecule has 0 saturated heterocycles. The molecule has 0 atom stereocenters. The Kier molecular flexibility index (Phi) is 2.77. The second kappa shape index (κ2) is 4.08. The van der Waals surface area contributed by atoms with Crippen molar-refractivity contribution in [3.8, 4) is 0 Å². The molecule has 86 valence electrons. The SMILES string of the molecule is Cn1cc(C(=O)O)c(C2CCCC2)nc1=O. The molecule has 1 aromatic heterocycles. The van der Waals surface area contributed by atoms with Crippen molar-refractivity contribution in [2.75, 3.05) is 0 Å². The molecule has 0 bridgehead atoms. The molecular weight excluding hydrogens is 208 g/mol. The minimum Gasteiger partial charge on any atom is -0.478 e. The van der Waals surface area contributed by atoms with E-state index in [1.807, 2.05) is 0 Å². The molecule has 0 aliphatic heterocycles. The molecular formula is C11H14N2O3. The first-order chi connectivity index (χ1) is 7.59. The van der Waals surface area contributed by atoms with E-state index in [-0.39, 0.29) is 17.2 Å². The maximum Gasteiger partial charge on any atom is 0.347 e. The first kappa shape index (κ1) is 10.9. The summed E-state index contributed by atoms with van der Waals surface area (Å²) in [5.74, 6) is -0.870. The van der Waals surface area contributed by atoms with Gasteiger partial charge in [0.15, 0.2) is 0 Å². The van der Waals surface area contributed by atoms with Gasteiger partial charge in [-0.25, -0.2) is 9.59 Å². The third-order valence-corrected chi connectivity index (χ3v) is 3.09. The number of aryl methyl sites for hydroxylation is 1. The molecule has 0 aromatic carbocycles. The fourth-order valence-corrected chi connectivity index (χ4v) is 2.23. The largest absolute Gasteiger partial charge is 0.478 e. The van der Waals surface area contributed by atoms with E-state index in [2.05, 4.69) is 4.98 Å². The highest BCUT2D eigenvalue weighted by atomic mass is 16.4. The average Bonchev–Trinajstić information content (AvgIpc) is 2.74. The number of hydrogen-bond acceptors (Lipinski definition) is 3. The van der Waals surface area contributed by atoms with Crippen molar-refractivity contribution in [2.24, 2.45) is 7.05 Å². The zero-order valence-corrected chi connectivity index (χ0v) is 9.14. The Morgan fingerprint density at radius 1 is 1.50 bits per heavy atom. The Balaban J connectivity index is 2.52. The van der Waals surface area contributed by atoms with Crippen LogP contribution in [0.4, 0.5) is 0 Å². The molecule has 1 aliphatic rings. The number of hydrogen-bond donors (Lipinski definition) is 1. The lowest BCUT2D eigenvalue weighted by atomic mass is 9.99. The van der Waals surface area contributed by atoms with Crippen molar-refractivity contribution in [3.05, 3.63) is 27.9 Å². The van der Waals surface area contributed by atoms with Gasteiger partial charge in [-0.15, -0.1) is 0 Å². The van der Waals surface area contributed by atoms with Gasteiger partial charge in [-0.1, -0.05) is 12.8 Å². The standard InChI is InChI=1S/C11H14N2O3/c1-13-6-8(10(14)15)9(12-11(13)16)7-4-2-3-5-7/h6-7H,2-5H2,1H3,(H,14,15). The Labute approximate surface area is 92.7 Å². The molecule has 0 amide bonds. The van der Waals surface area contributed by atoms with Crippen molar-refractivity contribution in [1.29, 1.82) is 0 Å². The van der Waals surface area contributed by atoms with Crippen molar-refractivity contribution >= 4 is 5.97 Å². The molecule has 0 radical (unpaired) electrons. The smallest absolute Gasteiger partial charge is 0.347 e. The predicted molar refractivity (Wildman–Crippen MR) is 57.6 cm³/mol. The monoisotopic (exact) mass is 222 g/mol. The highest BCUT2D eigenvalue weighted by Crippen LogP contribution is 2.33. The van der Waals surface area contributed by atoms with E-state index < -0.39 is 5.97 Å². The van der Waals surface area contributed by atoms with Crippen LogP contribution in [-0.2, 0) is 7.05 Å². The summed E-state index contributed by atoms with van der Waals surface area (Å²) in [7, 11) is 1.51. The molecule has 1 saturated carbocycles. The van der Waals surface area contributed by atoms with Gasteiger partial charge in [0.05, 0.1) is 11.3 Å². The highest BCUT2D eigenvalue weighted by molar-refractivity contribution is 5.88.